The first-order chi connectivity index (χ1) is 7.11. The number of hydrogen-bond acceptors (Lipinski definition) is 4. The van der Waals surface area contributed by atoms with Crippen LogP contribution in [0.15, 0.2) is 0 Å². The Bertz CT molecular complexity index is 255. The molecule has 1 heterocycles. The van der Waals surface area contributed by atoms with Gasteiger partial charge in [0.05, 0.1) is 13.2 Å². The second-order valence-electron chi connectivity index (χ2n) is 3.71. The van der Waals surface area contributed by atoms with E-state index in [0.717, 1.165) is 19.4 Å². The molecule has 0 aromatic rings. The lowest BCUT2D eigenvalue weighted by Gasteiger charge is -2.27. The van der Waals surface area contributed by atoms with Gasteiger partial charge < -0.3 is 10.1 Å². The lowest BCUT2D eigenvalue weighted by molar-refractivity contribution is -0.147. The lowest BCUT2D eigenvalue weighted by atomic mass is 10.2. The molecule has 0 saturated carbocycles. The van der Waals surface area contributed by atoms with Crippen molar-refractivity contribution in [2.24, 2.45) is 0 Å². The summed E-state index contributed by atoms with van der Waals surface area (Å²) in [6.45, 7) is 2.54. The molecule has 1 saturated heterocycles. The van der Waals surface area contributed by atoms with Gasteiger partial charge in [-0.15, -0.1) is 0 Å². The minimum atomic E-state index is -0.347. The van der Waals surface area contributed by atoms with Gasteiger partial charge in [-0.05, 0) is 26.3 Å². The van der Waals surface area contributed by atoms with E-state index in [1.807, 2.05) is 4.90 Å². The summed E-state index contributed by atoms with van der Waals surface area (Å²) in [5, 5.41) is 2.62. The number of amides is 1. The monoisotopic (exact) mass is 214 g/mol. The van der Waals surface area contributed by atoms with E-state index < -0.39 is 0 Å². The van der Waals surface area contributed by atoms with Gasteiger partial charge in [-0.25, -0.2) is 0 Å². The molecule has 0 radical (unpaired) electrons. The van der Waals surface area contributed by atoms with Gasteiger partial charge in [-0.1, -0.05) is 0 Å². The first-order valence-electron chi connectivity index (χ1n) is 5.17. The van der Waals surface area contributed by atoms with E-state index in [0.29, 0.717) is 0 Å². The lowest BCUT2D eigenvalue weighted by Crippen LogP contribution is -2.48. The van der Waals surface area contributed by atoms with Gasteiger partial charge in [0.15, 0.2) is 0 Å². The molecule has 1 aliphatic heterocycles. The van der Waals surface area contributed by atoms with E-state index in [4.69, 9.17) is 0 Å². The van der Waals surface area contributed by atoms with Crippen LogP contribution in [0.3, 0.4) is 0 Å². The summed E-state index contributed by atoms with van der Waals surface area (Å²) in [5.74, 6) is -0.311. The highest BCUT2D eigenvalue weighted by Gasteiger charge is 2.36. The molecule has 15 heavy (non-hydrogen) atoms. The van der Waals surface area contributed by atoms with Crippen LogP contribution in [-0.2, 0) is 14.3 Å². The maximum Gasteiger partial charge on any atom is 0.322 e. The normalized spacial score (nSPS) is 23.5. The molecule has 0 spiro atoms. The standard InChI is InChI=1S/C10H18N2O3/c1-7(10(14)15-3)12-6-4-5-8(12)9(13)11-2/h7-8H,4-6H2,1-3H3,(H,11,13). The molecule has 1 fully saturated rings. The Morgan fingerprint density at radius 2 is 2.20 bits per heavy atom. The van der Waals surface area contributed by atoms with Crippen LogP contribution in [0.4, 0.5) is 0 Å². The van der Waals surface area contributed by atoms with Crippen LogP contribution in [0.25, 0.3) is 0 Å². The SMILES string of the molecule is CNC(=O)C1CCCN1C(C)C(=O)OC. The molecule has 0 aromatic carbocycles. The van der Waals surface area contributed by atoms with Gasteiger partial charge in [-0.2, -0.15) is 0 Å². The zero-order valence-corrected chi connectivity index (χ0v) is 9.45. The van der Waals surface area contributed by atoms with E-state index in [2.05, 4.69) is 10.1 Å². The quantitative estimate of drug-likeness (QED) is 0.659. The Morgan fingerprint density at radius 3 is 2.73 bits per heavy atom. The third kappa shape index (κ3) is 2.47. The summed E-state index contributed by atoms with van der Waals surface area (Å²) in [5.41, 5.74) is 0. The van der Waals surface area contributed by atoms with Crippen molar-refractivity contribution in [3.05, 3.63) is 0 Å². The number of likely N-dealkylation sites (tertiary alicyclic amines) is 1. The number of hydrogen-bond donors (Lipinski definition) is 1. The van der Waals surface area contributed by atoms with Gasteiger partial charge in [0.25, 0.3) is 0 Å². The first-order valence-corrected chi connectivity index (χ1v) is 5.17. The molecule has 0 bridgehead atoms. The summed E-state index contributed by atoms with van der Waals surface area (Å²) in [6.07, 6.45) is 1.75. The molecule has 2 unspecified atom stereocenters. The van der Waals surface area contributed by atoms with Crippen molar-refractivity contribution in [3.8, 4) is 0 Å². The summed E-state index contributed by atoms with van der Waals surface area (Å²) in [6, 6.07) is -0.538. The maximum absolute atomic E-state index is 11.5. The van der Waals surface area contributed by atoms with Gasteiger partial charge in [0.1, 0.15) is 6.04 Å². The molecule has 2 atom stereocenters. The van der Waals surface area contributed by atoms with Gasteiger partial charge in [-0.3, -0.25) is 14.5 Å². The topological polar surface area (TPSA) is 58.6 Å². The second kappa shape index (κ2) is 5.11. The highest BCUT2D eigenvalue weighted by atomic mass is 16.5. The van der Waals surface area contributed by atoms with Crippen LogP contribution in [0, 0.1) is 0 Å². The fourth-order valence-corrected chi connectivity index (χ4v) is 2.01. The highest BCUT2D eigenvalue weighted by molar-refractivity contribution is 5.83. The fourth-order valence-electron chi connectivity index (χ4n) is 2.01. The second-order valence-corrected chi connectivity index (χ2v) is 3.71. The van der Waals surface area contributed by atoms with Crippen molar-refractivity contribution < 1.29 is 14.3 Å². The van der Waals surface area contributed by atoms with E-state index in [-0.39, 0.29) is 24.0 Å². The largest absolute Gasteiger partial charge is 0.468 e. The molecule has 0 aromatic heterocycles. The van der Waals surface area contributed by atoms with Crippen LogP contribution >= 0.6 is 0 Å². The predicted octanol–water partition coefficient (Wildman–Crippen LogP) is -0.242. The average molecular weight is 214 g/mol. The van der Waals surface area contributed by atoms with E-state index in [1.54, 1.807) is 14.0 Å². The molecule has 86 valence electrons. The first kappa shape index (κ1) is 12.0. The number of rotatable bonds is 3. The minimum Gasteiger partial charge on any atom is -0.468 e. The summed E-state index contributed by atoms with van der Waals surface area (Å²) in [4.78, 5) is 24.8. The number of nitrogens with one attached hydrogen (secondary N) is 1. The van der Waals surface area contributed by atoms with Crippen LogP contribution in [0.1, 0.15) is 19.8 Å². The molecule has 1 rings (SSSR count). The Labute approximate surface area is 89.8 Å². The van der Waals surface area contributed by atoms with Gasteiger partial charge in [0, 0.05) is 7.05 Å². The smallest absolute Gasteiger partial charge is 0.322 e. The minimum absolute atomic E-state index is 0.0248. The summed E-state index contributed by atoms with van der Waals surface area (Å²) >= 11 is 0. The number of carbonyl (C=O) groups is 2. The van der Waals surface area contributed by atoms with Gasteiger partial charge >= 0.3 is 5.97 Å². The number of likely N-dealkylation sites (N-methyl/N-ethyl adjacent to an activating group) is 1. The molecule has 1 N–H and O–H groups in total. The van der Waals surface area contributed by atoms with Crippen molar-refractivity contribution in [2.45, 2.75) is 31.8 Å². The Hall–Kier alpha value is -1.10. The van der Waals surface area contributed by atoms with Crippen LogP contribution in [0.2, 0.25) is 0 Å². The Balaban J connectivity index is 2.67. The zero-order valence-electron chi connectivity index (χ0n) is 9.45. The zero-order chi connectivity index (χ0) is 11.4. The van der Waals surface area contributed by atoms with Crippen molar-refractivity contribution >= 4 is 11.9 Å². The fraction of sp³-hybridized carbons (Fsp3) is 0.800. The van der Waals surface area contributed by atoms with E-state index >= 15 is 0 Å². The Morgan fingerprint density at radius 1 is 1.53 bits per heavy atom. The summed E-state index contributed by atoms with van der Waals surface area (Å²) in [7, 11) is 2.98. The van der Waals surface area contributed by atoms with E-state index in [1.165, 1.54) is 7.11 Å². The van der Waals surface area contributed by atoms with Gasteiger partial charge in [0.2, 0.25) is 5.91 Å². The number of methoxy groups -OCH3 is 1. The van der Waals surface area contributed by atoms with Crippen LogP contribution in [0.5, 0.6) is 0 Å². The van der Waals surface area contributed by atoms with Crippen molar-refractivity contribution in [2.75, 3.05) is 20.7 Å². The molecule has 1 amide bonds. The number of nitrogens with zero attached hydrogens (tertiary/aromatic N) is 1. The summed E-state index contributed by atoms with van der Waals surface area (Å²) < 4.78 is 4.67. The maximum atomic E-state index is 11.5. The molecule has 5 heteroatoms. The Kier molecular flexibility index (Phi) is 4.08. The number of esters is 1. The molecular formula is C10H18N2O3. The number of carbonyl (C=O) groups excluding carboxylic acids is 2. The van der Waals surface area contributed by atoms with Crippen LogP contribution < -0.4 is 5.32 Å². The average Bonchev–Trinajstić information content (AvgIpc) is 2.74. The van der Waals surface area contributed by atoms with Crippen molar-refractivity contribution in [3.63, 3.8) is 0 Å². The molecular weight excluding hydrogens is 196 g/mol. The highest BCUT2D eigenvalue weighted by Crippen LogP contribution is 2.20. The third-order valence-electron chi connectivity index (χ3n) is 2.88. The molecule has 1 aliphatic rings. The third-order valence-corrected chi connectivity index (χ3v) is 2.88. The molecule has 5 nitrogen and oxygen atoms in total. The van der Waals surface area contributed by atoms with E-state index in [9.17, 15) is 9.59 Å². The van der Waals surface area contributed by atoms with Crippen LogP contribution in [-0.4, -0.2) is 49.6 Å². The predicted molar refractivity (Wildman–Crippen MR) is 55.3 cm³/mol. The number of ether oxygens (including phenoxy) is 1. The molecule has 0 aliphatic carbocycles. The van der Waals surface area contributed by atoms with Crippen molar-refractivity contribution in [1.82, 2.24) is 10.2 Å². The van der Waals surface area contributed by atoms with Crippen molar-refractivity contribution in [1.29, 1.82) is 0 Å².